The van der Waals surface area contributed by atoms with E-state index in [0.29, 0.717) is 5.92 Å². The minimum absolute atomic E-state index is 0.103. The zero-order valence-corrected chi connectivity index (χ0v) is 16.2. The van der Waals surface area contributed by atoms with Gasteiger partial charge in [0.15, 0.2) is 0 Å². The van der Waals surface area contributed by atoms with Gasteiger partial charge in [-0.15, -0.1) is 0 Å². The van der Waals surface area contributed by atoms with Gasteiger partial charge in [0.05, 0.1) is 0 Å². The maximum absolute atomic E-state index is 6.47. The number of nitrogens with two attached hydrogens (primary N) is 3. The zero-order chi connectivity index (χ0) is 19.0. The van der Waals surface area contributed by atoms with Gasteiger partial charge in [-0.05, 0) is 78.8 Å². The predicted molar refractivity (Wildman–Crippen MR) is 114 cm³/mol. The largest absolute Gasteiger partial charge is 0.398 e. The molecule has 5 aliphatic carbocycles. The molecule has 0 saturated heterocycles. The van der Waals surface area contributed by atoms with E-state index in [1.807, 2.05) is 0 Å². The quantitative estimate of drug-likeness (QED) is 0.617. The van der Waals surface area contributed by atoms with E-state index in [-0.39, 0.29) is 18.1 Å². The van der Waals surface area contributed by atoms with Crippen molar-refractivity contribution < 1.29 is 0 Å². The molecule has 0 amide bonds. The molecular formula is C23H32N4. The number of nitrogen functional groups attached to an aromatic ring is 1. The Balaban J connectivity index is 1.61. The third kappa shape index (κ3) is 3.97. The van der Waals surface area contributed by atoms with Crippen molar-refractivity contribution in [2.24, 2.45) is 17.4 Å². The molecule has 7 N–H and O–H groups in total. The van der Waals surface area contributed by atoms with Crippen LogP contribution in [0.15, 0.2) is 36.4 Å². The smallest absolute Gasteiger partial charge is 0.0439 e. The van der Waals surface area contributed by atoms with Gasteiger partial charge in [0.2, 0.25) is 0 Å². The molecule has 1 fully saturated rings. The second-order valence-corrected chi connectivity index (χ2v) is 8.57. The summed E-state index contributed by atoms with van der Waals surface area (Å²) in [7, 11) is 0. The SMILES string of the molecule is CC1CC(N)CC(N)C1Nc1cc2ccc1CCc1ccc(c(N)c1)CC2. The Morgan fingerprint density at radius 3 is 2.22 bits per heavy atom. The maximum Gasteiger partial charge on any atom is 0.0439 e. The number of hydrogen-bond donors (Lipinski definition) is 4. The van der Waals surface area contributed by atoms with Crippen LogP contribution in [-0.4, -0.2) is 18.1 Å². The fourth-order valence-corrected chi connectivity index (χ4v) is 4.78. The van der Waals surface area contributed by atoms with Crippen molar-refractivity contribution in [2.45, 2.75) is 63.6 Å². The molecule has 0 aliphatic heterocycles. The van der Waals surface area contributed by atoms with Crippen LogP contribution in [0.2, 0.25) is 0 Å². The third-order valence-electron chi connectivity index (χ3n) is 6.40. The third-order valence-corrected chi connectivity index (χ3v) is 6.40. The van der Waals surface area contributed by atoms with Gasteiger partial charge in [0, 0.05) is 29.5 Å². The topological polar surface area (TPSA) is 90.1 Å². The Bertz CT molecular complexity index is 804. The van der Waals surface area contributed by atoms with Crippen molar-refractivity contribution in [2.75, 3.05) is 11.1 Å². The molecular weight excluding hydrogens is 332 g/mol. The molecule has 2 aromatic rings. The van der Waals surface area contributed by atoms with E-state index >= 15 is 0 Å². The molecule has 7 rings (SSSR count). The Morgan fingerprint density at radius 2 is 1.52 bits per heavy atom. The molecule has 0 radical (unpaired) electrons. The molecule has 4 atom stereocenters. The molecule has 0 spiro atoms. The molecule has 1 saturated carbocycles. The second-order valence-electron chi connectivity index (χ2n) is 8.57. The first-order valence-electron chi connectivity index (χ1n) is 10.3. The highest BCUT2D eigenvalue weighted by atomic mass is 15.0. The summed E-state index contributed by atoms with van der Waals surface area (Å²) in [6.45, 7) is 2.27. The Labute approximate surface area is 162 Å². The molecule has 4 heteroatoms. The lowest BCUT2D eigenvalue weighted by Crippen LogP contribution is -2.53. The maximum atomic E-state index is 6.47. The van der Waals surface area contributed by atoms with Crippen LogP contribution in [0, 0.1) is 5.92 Å². The minimum atomic E-state index is 0.103. The van der Waals surface area contributed by atoms with E-state index < -0.39 is 0 Å². The number of rotatable bonds is 2. The van der Waals surface area contributed by atoms with E-state index in [9.17, 15) is 0 Å². The van der Waals surface area contributed by atoms with Crippen LogP contribution in [-0.2, 0) is 25.7 Å². The van der Waals surface area contributed by atoms with Gasteiger partial charge < -0.3 is 22.5 Å². The van der Waals surface area contributed by atoms with Gasteiger partial charge in [-0.2, -0.15) is 0 Å². The summed E-state index contributed by atoms with van der Waals surface area (Å²) in [4.78, 5) is 0. The van der Waals surface area contributed by atoms with E-state index in [4.69, 9.17) is 17.2 Å². The number of anilines is 2. The van der Waals surface area contributed by atoms with E-state index in [1.54, 1.807) is 0 Å². The molecule has 144 valence electrons. The van der Waals surface area contributed by atoms with Gasteiger partial charge in [0.1, 0.15) is 0 Å². The highest BCUT2D eigenvalue weighted by Gasteiger charge is 2.32. The lowest BCUT2D eigenvalue weighted by Gasteiger charge is -2.39. The fourth-order valence-electron chi connectivity index (χ4n) is 4.78. The van der Waals surface area contributed by atoms with Gasteiger partial charge in [0.25, 0.3) is 0 Å². The average molecular weight is 365 g/mol. The van der Waals surface area contributed by atoms with Crippen molar-refractivity contribution in [3.05, 3.63) is 58.7 Å². The standard InChI is InChI=1S/C23H32N4/c1-14-10-19(24)13-21(26)23(14)27-22-12-16-3-7-17-6-2-15(11-20(17)25)4-8-18(22)9-5-16/h2,5-6,9,11-12,14,19,21,23,27H,3-4,7-8,10,13,24-26H2,1H3. The summed E-state index contributed by atoms with van der Waals surface area (Å²) < 4.78 is 0. The first-order chi connectivity index (χ1) is 13.0. The van der Waals surface area contributed by atoms with Crippen molar-refractivity contribution in [3.8, 4) is 0 Å². The molecule has 0 aromatic heterocycles. The number of hydrogen-bond acceptors (Lipinski definition) is 4. The van der Waals surface area contributed by atoms with Gasteiger partial charge in [-0.25, -0.2) is 0 Å². The summed E-state index contributed by atoms with van der Waals surface area (Å²) in [5.41, 5.74) is 26.3. The summed E-state index contributed by atoms with van der Waals surface area (Å²) in [6, 6.07) is 14.1. The Hall–Kier alpha value is -2.04. The zero-order valence-electron chi connectivity index (χ0n) is 16.2. The summed E-state index contributed by atoms with van der Waals surface area (Å²) >= 11 is 0. The molecule has 2 aromatic carbocycles. The lowest BCUT2D eigenvalue weighted by molar-refractivity contribution is 0.280. The molecule has 4 unspecified atom stereocenters. The molecule has 27 heavy (non-hydrogen) atoms. The number of aryl methyl sites for hydroxylation is 4. The van der Waals surface area contributed by atoms with Crippen LogP contribution in [0.1, 0.15) is 42.0 Å². The molecule has 0 heterocycles. The van der Waals surface area contributed by atoms with E-state index in [2.05, 4.69) is 48.6 Å². The Morgan fingerprint density at radius 1 is 0.852 bits per heavy atom. The van der Waals surface area contributed by atoms with Crippen molar-refractivity contribution in [3.63, 3.8) is 0 Å². The van der Waals surface area contributed by atoms with Crippen LogP contribution in [0.5, 0.6) is 0 Å². The van der Waals surface area contributed by atoms with E-state index in [1.165, 1.54) is 27.9 Å². The van der Waals surface area contributed by atoms with Crippen LogP contribution in [0.4, 0.5) is 11.4 Å². The van der Waals surface area contributed by atoms with Crippen LogP contribution < -0.4 is 22.5 Å². The van der Waals surface area contributed by atoms with Gasteiger partial charge in [-0.1, -0.05) is 31.2 Å². The first-order valence-corrected chi connectivity index (χ1v) is 10.3. The normalized spacial score (nSPS) is 27.8. The average Bonchev–Trinajstić information content (AvgIpc) is 2.61. The van der Waals surface area contributed by atoms with Gasteiger partial charge in [-0.3, -0.25) is 0 Å². The number of nitrogens with one attached hydrogen (secondary N) is 1. The van der Waals surface area contributed by atoms with Crippen LogP contribution in [0.25, 0.3) is 0 Å². The highest BCUT2D eigenvalue weighted by molar-refractivity contribution is 5.56. The first kappa shape index (κ1) is 18.3. The predicted octanol–water partition coefficient (Wildman–Crippen LogP) is 3.02. The Kier molecular flexibility index (Phi) is 5.11. The van der Waals surface area contributed by atoms with Crippen LogP contribution >= 0.6 is 0 Å². The van der Waals surface area contributed by atoms with Crippen molar-refractivity contribution >= 4 is 11.4 Å². The molecule has 4 bridgehead atoms. The van der Waals surface area contributed by atoms with Gasteiger partial charge >= 0.3 is 0 Å². The minimum Gasteiger partial charge on any atom is -0.398 e. The lowest BCUT2D eigenvalue weighted by atomic mass is 9.79. The highest BCUT2D eigenvalue weighted by Crippen LogP contribution is 2.30. The summed E-state index contributed by atoms with van der Waals surface area (Å²) in [5, 5.41) is 3.81. The van der Waals surface area contributed by atoms with E-state index in [0.717, 1.165) is 44.2 Å². The molecule has 4 nitrogen and oxygen atoms in total. The summed E-state index contributed by atoms with van der Waals surface area (Å²) in [6.07, 6.45) is 5.88. The van der Waals surface area contributed by atoms with Crippen molar-refractivity contribution in [1.29, 1.82) is 0 Å². The number of benzene rings is 2. The van der Waals surface area contributed by atoms with Crippen molar-refractivity contribution in [1.82, 2.24) is 0 Å². The molecule has 5 aliphatic rings. The fraction of sp³-hybridized carbons (Fsp3) is 0.478. The second kappa shape index (κ2) is 7.53. The van der Waals surface area contributed by atoms with Crippen LogP contribution in [0.3, 0.4) is 0 Å². The summed E-state index contributed by atoms with van der Waals surface area (Å²) in [5.74, 6) is 0.478. The monoisotopic (exact) mass is 364 g/mol.